The first-order valence-electron chi connectivity index (χ1n) is 1.88. The minimum absolute atomic E-state index is 0. The number of nitrogens with two attached hydrogens (primary N) is 2. The Morgan fingerprint density at radius 2 is 1.33 bits per heavy atom. The summed E-state index contributed by atoms with van der Waals surface area (Å²) in [6.07, 6.45) is 0. The molecular formula is C4H8Cl2N2S. The molecule has 0 aliphatic rings. The molecule has 54 valence electrons. The summed E-state index contributed by atoms with van der Waals surface area (Å²) in [7, 11) is 0. The van der Waals surface area contributed by atoms with Crippen molar-refractivity contribution < 1.29 is 0 Å². The molecular weight excluding hydrogens is 179 g/mol. The van der Waals surface area contributed by atoms with Crippen LogP contribution < -0.4 is 11.5 Å². The van der Waals surface area contributed by atoms with E-state index in [1.807, 2.05) is 10.8 Å². The van der Waals surface area contributed by atoms with E-state index < -0.39 is 0 Å². The van der Waals surface area contributed by atoms with Crippen LogP contribution >= 0.6 is 36.2 Å². The first kappa shape index (κ1) is 11.6. The van der Waals surface area contributed by atoms with Gasteiger partial charge in [-0.1, -0.05) is 0 Å². The van der Waals surface area contributed by atoms with Gasteiger partial charge in [0.15, 0.2) is 0 Å². The summed E-state index contributed by atoms with van der Waals surface area (Å²) in [6.45, 7) is 0. The van der Waals surface area contributed by atoms with Crippen LogP contribution in [0.3, 0.4) is 0 Å². The zero-order chi connectivity index (χ0) is 5.28. The zero-order valence-corrected chi connectivity index (χ0v) is 6.98. The molecule has 1 rings (SSSR count). The number of halogens is 2. The fraction of sp³-hybridized carbons (Fsp3) is 0. The Balaban J connectivity index is 0. The third-order valence-corrected chi connectivity index (χ3v) is 1.50. The molecule has 1 aromatic heterocycles. The second-order valence-corrected chi connectivity index (χ2v) is 2.03. The Bertz CT molecular complexity index is 149. The summed E-state index contributed by atoms with van der Waals surface area (Å²) in [6, 6.07) is 0. The number of rotatable bonds is 0. The van der Waals surface area contributed by atoms with Gasteiger partial charge in [0.05, 0.1) is 11.4 Å². The molecule has 0 fully saturated rings. The van der Waals surface area contributed by atoms with Gasteiger partial charge >= 0.3 is 0 Å². The molecule has 0 aliphatic heterocycles. The van der Waals surface area contributed by atoms with Crippen molar-refractivity contribution in [2.75, 3.05) is 11.5 Å². The van der Waals surface area contributed by atoms with Gasteiger partial charge in [-0.05, 0) is 0 Å². The van der Waals surface area contributed by atoms with Crippen molar-refractivity contribution in [1.29, 1.82) is 0 Å². The standard InChI is InChI=1S/C4H6N2S.2ClH/c5-3-1-7-2-4(3)6;;/h1-2H,5-6H2;2*1H. The van der Waals surface area contributed by atoms with Gasteiger partial charge in [0.2, 0.25) is 0 Å². The molecule has 5 heteroatoms. The van der Waals surface area contributed by atoms with Crippen molar-refractivity contribution in [2.45, 2.75) is 0 Å². The Labute approximate surface area is 70.1 Å². The van der Waals surface area contributed by atoms with E-state index in [4.69, 9.17) is 11.5 Å². The van der Waals surface area contributed by atoms with E-state index in [2.05, 4.69) is 0 Å². The molecule has 0 amide bonds. The molecule has 9 heavy (non-hydrogen) atoms. The molecule has 0 aliphatic carbocycles. The molecule has 0 aromatic carbocycles. The van der Waals surface area contributed by atoms with Gasteiger partial charge in [-0.15, -0.1) is 36.2 Å². The molecule has 0 unspecified atom stereocenters. The Kier molecular flexibility index (Phi) is 6.12. The molecule has 0 saturated carbocycles. The van der Waals surface area contributed by atoms with Crippen LogP contribution in [0.1, 0.15) is 0 Å². The van der Waals surface area contributed by atoms with Crippen molar-refractivity contribution in [3.63, 3.8) is 0 Å². The first-order chi connectivity index (χ1) is 3.30. The van der Waals surface area contributed by atoms with Gasteiger partial charge in [0.25, 0.3) is 0 Å². The van der Waals surface area contributed by atoms with E-state index in [0.717, 1.165) is 0 Å². The molecule has 2 nitrogen and oxygen atoms in total. The van der Waals surface area contributed by atoms with Crippen LogP contribution in [-0.2, 0) is 0 Å². The normalized spacial score (nSPS) is 7.11. The average molecular weight is 187 g/mol. The van der Waals surface area contributed by atoms with Crippen LogP contribution in [0.5, 0.6) is 0 Å². The number of anilines is 2. The minimum Gasteiger partial charge on any atom is -0.396 e. The zero-order valence-electron chi connectivity index (χ0n) is 4.53. The van der Waals surface area contributed by atoms with Crippen LogP contribution in [0.25, 0.3) is 0 Å². The van der Waals surface area contributed by atoms with Crippen molar-refractivity contribution in [2.24, 2.45) is 0 Å². The second kappa shape index (κ2) is 4.73. The van der Waals surface area contributed by atoms with Gasteiger partial charge in [0.1, 0.15) is 0 Å². The SMILES string of the molecule is Cl.Cl.Nc1cscc1N. The highest BCUT2D eigenvalue weighted by Gasteiger charge is 1.88. The third-order valence-electron chi connectivity index (χ3n) is 0.723. The third kappa shape index (κ3) is 2.79. The maximum Gasteiger partial charge on any atom is 0.0656 e. The van der Waals surface area contributed by atoms with Gasteiger partial charge < -0.3 is 11.5 Å². The largest absolute Gasteiger partial charge is 0.396 e. The number of nitrogen functional groups attached to an aromatic ring is 2. The second-order valence-electron chi connectivity index (χ2n) is 1.28. The van der Waals surface area contributed by atoms with E-state index >= 15 is 0 Å². The lowest BCUT2D eigenvalue weighted by Gasteiger charge is -1.82. The highest BCUT2D eigenvalue weighted by molar-refractivity contribution is 7.08. The van der Waals surface area contributed by atoms with Gasteiger partial charge in [0, 0.05) is 10.8 Å². The average Bonchev–Trinajstić information content (AvgIpc) is 1.91. The van der Waals surface area contributed by atoms with E-state index in [1.165, 1.54) is 11.3 Å². The fourth-order valence-corrected chi connectivity index (χ4v) is 0.950. The van der Waals surface area contributed by atoms with Crippen LogP contribution in [0.15, 0.2) is 10.8 Å². The summed E-state index contributed by atoms with van der Waals surface area (Å²) in [4.78, 5) is 0. The molecule has 4 N–H and O–H groups in total. The predicted octanol–water partition coefficient (Wildman–Crippen LogP) is 1.76. The van der Waals surface area contributed by atoms with Gasteiger partial charge in [-0.2, -0.15) is 0 Å². The highest BCUT2D eigenvalue weighted by Crippen LogP contribution is 2.17. The first-order valence-corrected chi connectivity index (χ1v) is 2.82. The van der Waals surface area contributed by atoms with Crippen molar-refractivity contribution >= 4 is 47.5 Å². The van der Waals surface area contributed by atoms with Crippen LogP contribution in [0.2, 0.25) is 0 Å². The molecule has 1 heterocycles. The van der Waals surface area contributed by atoms with Gasteiger partial charge in [-0.3, -0.25) is 0 Å². The van der Waals surface area contributed by atoms with E-state index in [-0.39, 0.29) is 24.8 Å². The van der Waals surface area contributed by atoms with Crippen LogP contribution in [0.4, 0.5) is 11.4 Å². The number of hydrogen-bond donors (Lipinski definition) is 2. The Morgan fingerprint density at radius 3 is 1.44 bits per heavy atom. The topological polar surface area (TPSA) is 52.0 Å². The van der Waals surface area contributed by atoms with Crippen molar-refractivity contribution in [1.82, 2.24) is 0 Å². The molecule has 0 bridgehead atoms. The molecule has 0 radical (unpaired) electrons. The summed E-state index contributed by atoms with van der Waals surface area (Å²) >= 11 is 1.52. The summed E-state index contributed by atoms with van der Waals surface area (Å²) in [5.74, 6) is 0. The summed E-state index contributed by atoms with van der Waals surface area (Å²) < 4.78 is 0. The van der Waals surface area contributed by atoms with E-state index in [1.54, 1.807) is 0 Å². The lowest BCUT2D eigenvalue weighted by molar-refractivity contribution is 1.82. The Hall–Kier alpha value is -0.120. The Morgan fingerprint density at radius 1 is 1.00 bits per heavy atom. The fourth-order valence-electron chi connectivity index (χ4n) is 0.317. The predicted molar refractivity (Wildman–Crippen MR) is 47.6 cm³/mol. The maximum atomic E-state index is 5.33. The molecule has 0 atom stereocenters. The van der Waals surface area contributed by atoms with Crippen molar-refractivity contribution in [3.05, 3.63) is 10.8 Å². The lowest BCUT2D eigenvalue weighted by atomic mass is 10.5. The summed E-state index contributed by atoms with van der Waals surface area (Å²) in [5.41, 5.74) is 12.0. The quantitative estimate of drug-likeness (QED) is 0.650. The molecule has 0 saturated heterocycles. The van der Waals surface area contributed by atoms with Crippen molar-refractivity contribution in [3.8, 4) is 0 Å². The molecule has 0 spiro atoms. The number of hydrogen-bond acceptors (Lipinski definition) is 3. The lowest BCUT2D eigenvalue weighted by Crippen LogP contribution is -1.87. The molecule has 1 aromatic rings. The van der Waals surface area contributed by atoms with Crippen LogP contribution in [-0.4, -0.2) is 0 Å². The number of thiophene rings is 1. The minimum atomic E-state index is 0. The van der Waals surface area contributed by atoms with Gasteiger partial charge in [-0.25, -0.2) is 0 Å². The monoisotopic (exact) mass is 186 g/mol. The van der Waals surface area contributed by atoms with E-state index in [0.29, 0.717) is 11.4 Å². The highest BCUT2D eigenvalue weighted by atomic mass is 35.5. The smallest absolute Gasteiger partial charge is 0.0656 e. The summed E-state index contributed by atoms with van der Waals surface area (Å²) in [5, 5.41) is 3.63. The van der Waals surface area contributed by atoms with Crippen LogP contribution in [0, 0.1) is 0 Å². The maximum absolute atomic E-state index is 5.33. The van der Waals surface area contributed by atoms with E-state index in [9.17, 15) is 0 Å².